The summed E-state index contributed by atoms with van der Waals surface area (Å²) in [5.41, 5.74) is 1.03. The van der Waals surface area contributed by atoms with E-state index in [1.54, 1.807) is 0 Å². The standard InChI is InChI=1S/C47H84O2/c1-8-10-11-12-13-14-15-16-17-18-19-20-21-22-23-24-45(48)49-40-31-33-46(6)39(35-40)27-28-41-43-30-29-42(47(43,7)34-32-44(41)46)37(5)25-26-38(9-2)36(3)4/h16-17,36-44H,8-15,18-35H2,1-7H3/b17-16+/t37-,38-,39?,40?,41+,42-,43+,44+,46+,47-/m1/s1. The second-order valence-corrected chi connectivity index (χ2v) is 19.1. The minimum absolute atomic E-state index is 0.0816. The molecule has 284 valence electrons. The predicted octanol–water partition coefficient (Wildman–Crippen LogP) is 14.7. The fourth-order valence-corrected chi connectivity index (χ4v) is 12.6. The Kier molecular flexibility index (Phi) is 17.1. The molecular weight excluding hydrogens is 597 g/mol. The van der Waals surface area contributed by atoms with Crippen molar-refractivity contribution in [1.29, 1.82) is 0 Å². The number of carbonyl (C=O) groups excluding carboxylic acids is 1. The lowest BCUT2D eigenvalue weighted by Crippen LogP contribution is -2.54. The van der Waals surface area contributed by atoms with Gasteiger partial charge in [0.05, 0.1) is 0 Å². The molecule has 4 rings (SSSR count). The molecule has 4 saturated carbocycles. The fourth-order valence-electron chi connectivity index (χ4n) is 12.6. The Morgan fingerprint density at radius 3 is 2.02 bits per heavy atom. The summed E-state index contributed by atoms with van der Waals surface area (Å²) in [5, 5.41) is 0. The largest absolute Gasteiger partial charge is 0.462 e. The first-order valence-electron chi connectivity index (χ1n) is 22.5. The van der Waals surface area contributed by atoms with E-state index in [2.05, 4.69) is 60.6 Å². The van der Waals surface area contributed by atoms with Gasteiger partial charge in [0.1, 0.15) is 6.10 Å². The normalized spacial score (nSPS) is 34.0. The van der Waals surface area contributed by atoms with Crippen molar-refractivity contribution in [3.05, 3.63) is 12.2 Å². The van der Waals surface area contributed by atoms with E-state index in [0.717, 1.165) is 66.6 Å². The lowest BCUT2D eigenvalue weighted by molar-refractivity contribution is -0.162. The monoisotopic (exact) mass is 681 g/mol. The van der Waals surface area contributed by atoms with Gasteiger partial charge in [-0.15, -0.1) is 0 Å². The van der Waals surface area contributed by atoms with Gasteiger partial charge >= 0.3 is 5.97 Å². The molecule has 10 atom stereocenters. The zero-order valence-corrected chi connectivity index (χ0v) is 34.1. The Labute approximate surface area is 306 Å². The molecule has 0 amide bonds. The van der Waals surface area contributed by atoms with Gasteiger partial charge in [0.2, 0.25) is 0 Å². The van der Waals surface area contributed by atoms with Crippen molar-refractivity contribution >= 4 is 5.97 Å². The van der Waals surface area contributed by atoms with Crippen molar-refractivity contribution < 1.29 is 9.53 Å². The van der Waals surface area contributed by atoms with E-state index in [1.807, 2.05) is 0 Å². The molecule has 0 heterocycles. The summed E-state index contributed by atoms with van der Waals surface area (Å²) in [6.07, 6.45) is 38.8. The van der Waals surface area contributed by atoms with Gasteiger partial charge in [-0.1, -0.05) is 125 Å². The first kappa shape index (κ1) is 41.0. The minimum Gasteiger partial charge on any atom is -0.462 e. The van der Waals surface area contributed by atoms with Crippen LogP contribution in [0.2, 0.25) is 0 Å². The van der Waals surface area contributed by atoms with Crippen molar-refractivity contribution in [2.45, 2.75) is 222 Å². The molecule has 0 N–H and O–H groups in total. The molecule has 4 aliphatic rings. The summed E-state index contributed by atoms with van der Waals surface area (Å²) >= 11 is 0. The highest BCUT2D eigenvalue weighted by Crippen LogP contribution is 2.68. The highest BCUT2D eigenvalue weighted by molar-refractivity contribution is 5.69. The highest BCUT2D eigenvalue weighted by atomic mass is 16.5. The summed E-state index contributed by atoms with van der Waals surface area (Å²) < 4.78 is 6.18. The molecule has 0 aromatic heterocycles. The van der Waals surface area contributed by atoms with Crippen molar-refractivity contribution in [2.75, 3.05) is 0 Å². The molecule has 2 unspecified atom stereocenters. The Bertz CT molecular complexity index is 967. The van der Waals surface area contributed by atoms with E-state index >= 15 is 0 Å². The van der Waals surface area contributed by atoms with Gasteiger partial charge in [0.25, 0.3) is 0 Å². The number of carbonyl (C=O) groups is 1. The second-order valence-electron chi connectivity index (χ2n) is 19.1. The number of ether oxygens (including phenoxy) is 1. The fraction of sp³-hybridized carbons (Fsp3) is 0.936. The molecule has 0 saturated heterocycles. The van der Waals surface area contributed by atoms with E-state index in [0.29, 0.717) is 17.3 Å². The van der Waals surface area contributed by atoms with Crippen LogP contribution < -0.4 is 0 Å². The summed E-state index contributed by atoms with van der Waals surface area (Å²) in [4.78, 5) is 12.9. The summed E-state index contributed by atoms with van der Waals surface area (Å²) in [6.45, 7) is 17.6. The topological polar surface area (TPSA) is 26.3 Å². The van der Waals surface area contributed by atoms with Crippen LogP contribution in [0.3, 0.4) is 0 Å². The van der Waals surface area contributed by atoms with Gasteiger partial charge < -0.3 is 4.74 Å². The van der Waals surface area contributed by atoms with Crippen LogP contribution in [0, 0.1) is 58.2 Å². The van der Waals surface area contributed by atoms with E-state index in [4.69, 9.17) is 4.74 Å². The Hall–Kier alpha value is -0.790. The van der Waals surface area contributed by atoms with Crippen LogP contribution in [-0.2, 0) is 9.53 Å². The van der Waals surface area contributed by atoms with E-state index in [1.165, 1.54) is 141 Å². The van der Waals surface area contributed by atoms with Crippen molar-refractivity contribution in [2.24, 2.45) is 58.2 Å². The van der Waals surface area contributed by atoms with Gasteiger partial charge in [0, 0.05) is 6.42 Å². The maximum Gasteiger partial charge on any atom is 0.306 e. The number of hydrogen-bond acceptors (Lipinski definition) is 2. The average Bonchev–Trinajstić information content (AvgIpc) is 3.44. The minimum atomic E-state index is 0.0816. The lowest BCUT2D eigenvalue weighted by Gasteiger charge is -2.61. The van der Waals surface area contributed by atoms with Crippen LogP contribution in [0.1, 0.15) is 215 Å². The third kappa shape index (κ3) is 11.1. The van der Waals surface area contributed by atoms with Crippen LogP contribution in [0.25, 0.3) is 0 Å². The number of allylic oxidation sites excluding steroid dienone is 2. The van der Waals surface area contributed by atoms with Crippen LogP contribution in [0.15, 0.2) is 12.2 Å². The Balaban J connectivity index is 1.11. The van der Waals surface area contributed by atoms with Gasteiger partial charge in [-0.25, -0.2) is 0 Å². The lowest BCUT2D eigenvalue weighted by atomic mass is 9.44. The Morgan fingerprint density at radius 2 is 1.35 bits per heavy atom. The van der Waals surface area contributed by atoms with E-state index in [9.17, 15) is 4.79 Å². The molecular formula is C47H84O2. The number of esters is 1. The van der Waals surface area contributed by atoms with Gasteiger partial charge in [0.15, 0.2) is 0 Å². The molecule has 0 radical (unpaired) electrons. The number of fused-ring (bicyclic) bond motifs is 5. The first-order valence-corrected chi connectivity index (χ1v) is 22.5. The average molecular weight is 681 g/mol. The molecule has 4 fully saturated rings. The number of rotatable bonds is 22. The van der Waals surface area contributed by atoms with Crippen molar-refractivity contribution in [3.63, 3.8) is 0 Å². The third-order valence-electron chi connectivity index (χ3n) is 15.8. The molecule has 0 aromatic carbocycles. The molecule has 0 aliphatic heterocycles. The summed E-state index contributed by atoms with van der Waals surface area (Å²) in [6, 6.07) is 0. The summed E-state index contributed by atoms with van der Waals surface area (Å²) in [5.74, 6) is 7.17. The third-order valence-corrected chi connectivity index (χ3v) is 15.8. The quantitative estimate of drug-likeness (QED) is 0.0646. The molecule has 2 heteroatoms. The van der Waals surface area contributed by atoms with Crippen LogP contribution in [0.4, 0.5) is 0 Å². The van der Waals surface area contributed by atoms with E-state index < -0.39 is 0 Å². The number of unbranched alkanes of at least 4 members (excludes halogenated alkanes) is 11. The van der Waals surface area contributed by atoms with Crippen molar-refractivity contribution in [3.8, 4) is 0 Å². The summed E-state index contributed by atoms with van der Waals surface area (Å²) in [7, 11) is 0. The molecule has 0 spiro atoms. The number of hydrogen-bond donors (Lipinski definition) is 0. The maximum absolute atomic E-state index is 12.9. The van der Waals surface area contributed by atoms with Gasteiger partial charge in [-0.2, -0.15) is 0 Å². The SMILES string of the molecule is CCCCCCCC/C=C/CCCCCCCC(=O)OC1CC[C@@]2(C)C(CC[C@H]3[C@@H]4CC[C@H]([C@H](C)CC[C@@H](CC)C(C)C)[C@@]4(C)CC[C@@H]32)C1. The molecule has 2 nitrogen and oxygen atoms in total. The van der Waals surface area contributed by atoms with Crippen molar-refractivity contribution in [1.82, 2.24) is 0 Å². The smallest absolute Gasteiger partial charge is 0.306 e. The van der Waals surface area contributed by atoms with Crippen LogP contribution >= 0.6 is 0 Å². The highest BCUT2D eigenvalue weighted by Gasteiger charge is 2.60. The zero-order valence-electron chi connectivity index (χ0n) is 34.1. The first-order chi connectivity index (χ1) is 23.6. The van der Waals surface area contributed by atoms with E-state index in [-0.39, 0.29) is 12.1 Å². The van der Waals surface area contributed by atoms with Gasteiger partial charge in [-0.05, 0) is 154 Å². The van der Waals surface area contributed by atoms with Crippen LogP contribution in [-0.4, -0.2) is 12.1 Å². The predicted molar refractivity (Wildman–Crippen MR) is 212 cm³/mol. The molecule has 0 aromatic rings. The maximum atomic E-state index is 12.9. The molecule has 4 aliphatic carbocycles. The molecule has 0 bridgehead atoms. The van der Waals surface area contributed by atoms with Crippen LogP contribution in [0.5, 0.6) is 0 Å². The Morgan fingerprint density at radius 1 is 0.714 bits per heavy atom. The molecule has 49 heavy (non-hydrogen) atoms. The second kappa shape index (κ2) is 20.5. The zero-order chi connectivity index (χ0) is 35.3. The van der Waals surface area contributed by atoms with Gasteiger partial charge in [-0.3, -0.25) is 4.79 Å².